The standard InChI is InChI=1S/C14H19NO3/c1-4-18-14(10(2)16)9-12-6-5-7-13(8-12)15-11(3)17/h5-8,14,16H,2,4,9H2,1,3H3,(H,15,17). The van der Waals surface area contributed by atoms with Gasteiger partial charge >= 0.3 is 0 Å². The third kappa shape index (κ3) is 4.59. The highest BCUT2D eigenvalue weighted by Crippen LogP contribution is 2.15. The van der Waals surface area contributed by atoms with Gasteiger partial charge in [-0.2, -0.15) is 0 Å². The monoisotopic (exact) mass is 249 g/mol. The number of anilines is 1. The average molecular weight is 249 g/mol. The topological polar surface area (TPSA) is 58.6 Å². The van der Waals surface area contributed by atoms with Crippen molar-refractivity contribution in [1.29, 1.82) is 0 Å². The molecule has 0 aromatic heterocycles. The molecule has 4 heteroatoms. The summed E-state index contributed by atoms with van der Waals surface area (Å²) in [4.78, 5) is 11.0. The summed E-state index contributed by atoms with van der Waals surface area (Å²) in [5.74, 6) is -0.0955. The minimum absolute atomic E-state index is 0.0155. The van der Waals surface area contributed by atoms with Gasteiger partial charge in [-0.05, 0) is 24.6 Å². The van der Waals surface area contributed by atoms with E-state index in [-0.39, 0.29) is 11.7 Å². The maximum absolute atomic E-state index is 11.0. The van der Waals surface area contributed by atoms with Crippen LogP contribution in [0.4, 0.5) is 5.69 Å². The van der Waals surface area contributed by atoms with E-state index < -0.39 is 6.10 Å². The Morgan fingerprint density at radius 1 is 1.56 bits per heavy atom. The first kappa shape index (κ1) is 14.3. The van der Waals surface area contributed by atoms with Crippen molar-refractivity contribution in [3.63, 3.8) is 0 Å². The molecule has 0 aliphatic carbocycles. The first-order valence-electron chi connectivity index (χ1n) is 5.88. The molecule has 0 spiro atoms. The maximum Gasteiger partial charge on any atom is 0.221 e. The molecule has 2 N–H and O–H groups in total. The molecular weight excluding hydrogens is 230 g/mol. The SMILES string of the molecule is C=C(O)C(Cc1cccc(NC(C)=O)c1)OCC. The number of benzene rings is 1. The summed E-state index contributed by atoms with van der Waals surface area (Å²) in [6, 6.07) is 7.44. The van der Waals surface area contributed by atoms with Crippen molar-refractivity contribution < 1.29 is 14.6 Å². The second-order valence-electron chi connectivity index (χ2n) is 4.02. The van der Waals surface area contributed by atoms with Crippen LogP contribution in [0.1, 0.15) is 19.4 Å². The van der Waals surface area contributed by atoms with Crippen molar-refractivity contribution in [3.05, 3.63) is 42.2 Å². The molecular formula is C14H19NO3. The smallest absolute Gasteiger partial charge is 0.221 e. The Morgan fingerprint density at radius 3 is 2.83 bits per heavy atom. The third-order valence-corrected chi connectivity index (χ3v) is 2.41. The lowest BCUT2D eigenvalue weighted by Crippen LogP contribution is -2.18. The summed E-state index contributed by atoms with van der Waals surface area (Å²) >= 11 is 0. The zero-order chi connectivity index (χ0) is 13.5. The minimum atomic E-state index is -0.414. The molecule has 0 aliphatic heterocycles. The normalized spacial score (nSPS) is 11.9. The quantitative estimate of drug-likeness (QED) is 0.762. The summed E-state index contributed by atoms with van der Waals surface area (Å²) in [5, 5.41) is 12.1. The second kappa shape index (κ2) is 6.81. The molecule has 0 saturated carbocycles. The minimum Gasteiger partial charge on any atom is -0.510 e. The van der Waals surface area contributed by atoms with Crippen LogP contribution in [-0.4, -0.2) is 23.7 Å². The van der Waals surface area contributed by atoms with Gasteiger partial charge in [0.2, 0.25) is 5.91 Å². The van der Waals surface area contributed by atoms with Gasteiger partial charge in [-0.3, -0.25) is 4.79 Å². The van der Waals surface area contributed by atoms with Crippen molar-refractivity contribution >= 4 is 11.6 Å². The molecule has 18 heavy (non-hydrogen) atoms. The van der Waals surface area contributed by atoms with Crippen molar-refractivity contribution in [2.75, 3.05) is 11.9 Å². The lowest BCUT2D eigenvalue weighted by atomic mass is 10.1. The highest BCUT2D eigenvalue weighted by Gasteiger charge is 2.12. The van der Waals surface area contributed by atoms with Crippen LogP contribution in [0.25, 0.3) is 0 Å². The number of carbonyl (C=O) groups excluding carboxylic acids is 1. The Morgan fingerprint density at radius 2 is 2.28 bits per heavy atom. The average Bonchev–Trinajstić information content (AvgIpc) is 2.28. The van der Waals surface area contributed by atoms with Crippen LogP contribution in [0.2, 0.25) is 0 Å². The number of aliphatic hydroxyl groups excluding tert-OH is 1. The first-order valence-corrected chi connectivity index (χ1v) is 5.88. The van der Waals surface area contributed by atoms with Gasteiger partial charge in [0.15, 0.2) is 0 Å². The lowest BCUT2D eigenvalue weighted by molar-refractivity contribution is -0.114. The first-order chi connectivity index (χ1) is 8.52. The van der Waals surface area contributed by atoms with Gasteiger partial charge in [0.25, 0.3) is 0 Å². The number of aliphatic hydroxyl groups is 1. The highest BCUT2D eigenvalue weighted by molar-refractivity contribution is 5.88. The Labute approximate surface area is 107 Å². The van der Waals surface area contributed by atoms with E-state index in [1.54, 1.807) is 0 Å². The Balaban J connectivity index is 2.76. The van der Waals surface area contributed by atoms with E-state index in [1.165, 1.54) is 6.92 Å². The van der Waals surface area contributed by atoms with Crippen LogP contribution in [0.3, 0.4) is 0 Å². The second-order valence-corrected chi connectivity index (χ2v) is 4.02. The lowest BCUT2D eigenvalue weighted by Gasteiger charge is -2.16. The molecule has 0 saturated heterocycles. The van der Waals surface area contributed by atoms with Crippen molar-refractivity contribution in [2.24, 2.45) is 0 Å². The fourth-order valence-corrected chi connectivity index (χ4v) is 1.67. The zero-order valence-electron chi connectivity index (χ0n) is 10.8. The number of nitrogens with one attached hydrogen (secondary N) is 1. The Hall–Kier alpha value is -1.81. The van der Waals surface area contributed by atoms with Crippen molar-refractivity contribution in [3.8, 4) is 0 Å². The summed E-state index contributed by atoms with van der Waals surface area (Å²) in [5.41, 5.74) is 1.70. The van der Waals surface area contributed by atoms with E-state index in [4.69, 9.17) is 4.74 Å². The van der Waals surface area contributed by atoms with Crippen LogP contribution in [0.5, 0.6) is 0 Å². The molecule has 0 fully saturated rings. The van der Waals surface area contributed by atoms with Gasteiger partial charge in [-0.1, -0.05) is 18.7 Å². The van der Waals surface area contributed by atoms with E-state index in [0.29, 0.717) is 13.0 Å². The number of hydrogen-bond donors (Lipinski definition) is 2. The molecule has 0 radical (unpaired) electrons. The molecule has 98 valence electrons. The van der Waals surface area contributed by atoms with Gasteiger partial charge in [-0.25, -0.2) is 0 Å². The number of hydrogen-bond acceptors (Lipinski definition) is 3. The van der Waals surface area contributed by atoms with Crippen molar-refractivity contribution in [1.82, 2.24) is 0 Å². The number of rotatable bonds is 6. The van der Waals surface area contributed by atoms with Crippen LogP contribution < -0.4 is 5.32 Å². The summed E-state index contributed by atoms with van der Waals surface area (Å²) < 4.78 is 5.39. The molecule has 0 bridgehead atoms. The largest absolute Gasteiger partial charge is 0.510 e. The van der Waals surface area contributed by atoms with Crippen molar-refractivity contribution in [2.45, 2.75) is 26.4 Å². The fraction of sp³-hybridized carbons (Fsp3) is 0.357. The van der Waals surface area contributed by atoms with Gasteiger partial charge in [0.05, 0.1) is 0 Å². The molecule has 1 atom stereocenters. The van der Waals surface area contributed by atoms with Gasteiger partial charge in [0, 0.05) is 25.6 Å². The van der Waals surface area contributed by atoms with Gasteiger partial charge in [0.1, 0.15) is 11.9 Å². The predicted molar refractivity (Wildman–Crippen MR) is 71.6 cm³/mol. The van der Waals surface area contributed by atoms with Crippen LogP contribution in [0, 0.1) is 0 Å². The Kier molecular flexibility index (Phi) is 5.39. The third-order valence-electron chi connectivity index (χ3n) is 2.41. The molecule has 4 nitrogen and oxygen atoms in total. The predicted octanol–water partition coefficient (Wildman–Crippen LogP) is 2.66. The molecule has 1 amide bonds. The summed E-state index contributed by atoms with van der Waals surface area (Å²) in [6.07, 6.45) is 0.110. The van der Waals surface area contributed by atoms with E-state index in [0.717, 1.165) is 11.3 Å². The summed E-state index contributed by atoms with van der Waals surface area (Å²) in [6.45, 7) is 7.34. The fourth-order valence-electron chi connectivity index (χ4n) is 1.67. The number of carbonyl (C=O) groups is 1. The molecule has 1 aromatic rings. The van der Waals surface area contributed by atoms with E-state index in [9.17, 15) is 9.90 Å². The van der Waals surface area contributed by atoms with E-state index in [2.05, 4.69) is 11.9 Å². The van der Waals surface area contributed by atoms with E-state index in [1.807, 2.05) is 31.2 Å². The summed E-state index contributed by atoms with van der Waals surface area (Å²) in [7, 11) is 0. The maximum atomic E-state index is 11.0. The highest BCUT2D eigenvalue weighted by atomic mass is 16.5. The zero-order valence-corrected chi connectivity index (χ0v) is 10.8. The van der Waals surface area contributed by atoms with Crippen LogP contribution >= 0.6 is 0 Å². The Bertz CT molecular complexity index is 429. The number of amides is 1. The molecule has 1 rings (SSSR count). The van der Waals surface area contributed by atoms with Crippen LogP contribution in [0.15, 0.2) is 36.6 Å². The number of ether oxygens (including phenoxy) is 1. The molecule has 0 heterocycles. The van der Waals surface area contributed by atoms with Gasteiger partial charge in [-0.15, -0.1) is 0 Å². The van der Waals surface area contributed by atoms with Gasteiger partial charge < -0.3 is 15.2 Å². The van der Waals surface area contributed by atoms with Crippen LogP contribution in [-0.2, 0) is 16.0 Å². The van der Waals surface area contributed by atoms with E-state index >= 15 is 0 Å². The molecule has 1 unspecified atom stereocenters. The molecule has 1 aromatic carbocycles. The molecule has 0 aliphatic rings.